The summed E-state index contributed by atoms with van der Waals surface area (Å²) in [7, 11) is 0. The van der Waals surface area contributed by atoms with Crippen LogP contribution in [0.15, 0.2) is 10.8 Å². The van der Waals surface area contributed by atoms with Gasteiger partial charge in [-0.25, -0.2) is 0 Å². The van der Waals surface area contributed by atoms with Crippen LogP contribution in [0.5, 0.6) is 0 Å². The van der Waals surface area contributed by atoms with Crippen molar-refractivity contribution < 1.29 is 4.52 Å². The Morgan fingerprint density at radius 2 is 2.45 bits per heavy atom. The maximum absolute atomic E-state index is 5.70. The molecule has 1 aliphatic rings. The molecule has 0 aromatic carbocycles. The third-order valence-electron chi connectivity index (χ3n) is 2.31. The molecule has 0 amide bonds. The van der Waals surface area contributed by atoms with Crippen molar-refractivity contribution in [2.24, 2.45) is 0 Å². The van der Waals surface area contributed by atoms with Gasteiger partial charge in [-0.1, -0.05) is 11.6 Å². The molecule has 1 fully saturated rings. The normalized spacial score (nSPS) is 18.3. The van der Waals surface area contributed by atoms with E-state index >= 15 is 0 Å². The molecular formula is C8H10ClNO. The molecule has 2 nitrogen and oxygen atoms in total. The van der Waals surface area contributed by atoms with Crippen LogP contribution in [0.1, 0.15) is 36.4 Å². The number of alkyl halides is 1. The average molecular weight is 172 g/mol. The van der Waals surface area contributed by atoms with Gasteiger partial charge < -0.3 is 4.52 Å². The van der Waals surface area contributed by atoms with Crippen LogP contribution in [0.25, 0.3) is 0 Å². The Kier molecular flexibility index (Phi) is 1.86. The van der Waals surface area contributed by atoms with E-state index in [0.29, 0.717) is 11.8 Å². The highest BCUT2D eigenvalue weighted by Crippen LogP contribution is 2.37. The van der Waals surface area contributed by atoms with Gasteiger partial charge in [-0.2, -0.15) is 0 Å². The summed E-state index contributed by atoms with van der Waals surface area (Å²) < 4.78 is 4.86. The predicted octanol–water partition coefficient (Wildman–Crippen LogP) is 2.68. The highest BCUT2D eigenvalue weighted by molar-refractivity contribution is 6.17. The lowest BCUT2D eigenvalue weighted by atomic mass is 9.82. The molecule has 1 heterocycles. The molecule has 1 aliphatic carbocycles. The fraction of sp³-hybridized carbons (Fsp3) is 0.625. The zero-order valence-corrected chi connectivity index (χ0v) is 6.97. The first-order chi connectivity index (χ1) is 5.42. The highest BCUT2D eigenvalue weighted by Gasteiger charge is 2.24. The fourth-order valence-corrected chi connectivity index (χ4v) is 1.58. The number of halogens is 1. The molecule has 0 bridgehead atoms. The Morgan fingerprint density at radius 3 is 3.00 bits per heavy atom. The molecule has 0 aliphatic heterocycles. The van der Waals surface area contributed by atoms with Crippen LogP contribution in [0.2, 0.25) is 0 Å². The molecule has 1 aromatic rings. The van der Waals surface area contributed by atoms with Crippen LogP contribution in [0, 0.1) is 0 Å². The molecule has 3 heteroatoms. The minimum Gasteiger partial charge on any atom is -0.364 e. The van der Waals surface area contributed by atoms with Crippen molar-refractivity contribution in [1.82, 2.24) is 5.16 Å². The molecule has 0 radical (unpaired) electrons. The minimum atomic E-state index is 0.523. The van der Waals surface area contributed by atoms with Crippen LogP contribution in [-0.4, -0.2) is 5.16 Å². The summed E-state index contributed by atoms with van der Waals surface area (Å²) in [6, 6.07) is 0. The van der Waals surface area contributed by atoms with Gasteiger partial charge >= 0.3 is 0 Å². The molecule has 11 heavy (non-hydrogen) atoms. The second-order valence-corrected chi connectivity index (χ2v) is 3.25. The number of rotatable bonds is 2. The summed E-state index contributed by atoms with van der Waals surface area (Å²) in [6.07, 6.45) is 5.47. The Labute approximate surface area is 70.5 Å². The Balaban J connectivity index is 2.20. The molecule has 60 valence electrons. The monoisotopic (exact) mass is 171 g/mol. The van der Waals surface area contributed by atoms with Crippen molar-refractivity contribution in [1.29, 1.82) is 0 Å². The van der Waals surface area contributed by atoms with Gasteiger partial charge in [0.1, 0.15) is 6.26 Å². The lowest BCUT2D eigenvalue weighted by Crippen LogP contribution is -2.10. The van der Waals surface area contributed by atoms with Crippen LogP contribution in [0.3, 0.4) is 0 Å². The van der Waals surface area contributed by atoms with Gasteiger partial charge in [0.05, 0.1) is 11.6 Å². The smallest absolute Gasteiger partial charge is 0.128 e. The first kappa shape index (κ1) is 7.17. The quantitative estimate of drug-likeness (QED) is 0.640. The Hall–Kier alpha value is -0.500. The molecule has 0 atom stereocenters. The molecule has 0 unspecified atom stereocenters. The highest BCUT2D eigenvalue weighted by atomic mass is 35.5. The van der Waals surface area contributed by atoms with E-state index in [9.17, 15) is 0 Å². The van der Waals surface area contributed by atoms with Crippen molar-refractivity contribution in [3.8, 4) is 0 Å². The van der Waals surface area contributed by atoms with Gasteiger partial charge in [0.25, 0.3) is 0 Å². The van der Waals surface area contributed by atoms with Gasteiger partial charge in [0, 0.05) is 11.5 Å². The first-order valence-electron chi connectivity index (χ1n) is 3.91. The van der Waals surface area contributed by atoms with Crippen molar-refractivity contribution in [3.05, 3.63) is 17.5 Å². The fourth-order valence-electron chi connectivity index (χ4n) is 1.38. The largest absolute Gasteiger partial charge is 0.364 e. The maximum Gasteiger partial charge on any atom is 0.128 e. The molecule has 1 aromatic heterocycles. The van der Waals surface area contributed by atoms with Crippen molar-refractivity contribution in [3.63, 3.8) is 0 Å². The van der Waals surface area contributed by atoms with Crippen LogP contribution >= 0.6 is 11.6 Å². The zero-order valence-electron chi connectivity index (χ0n) is 6.22. The molecule has 0 saturated heterocycles. The maximum atomic E-state index is 5.70. The van der Waals surface area contributed by atoms with Crippen LogP contribution in [0.4, 0.5) is 0 Å². The summed E-state index contributed by atoms with van der Waals surface area (Å²) >= 11 is 5.70. The number of hydrogen-bond donors (Lipinski definition) is 0. The second-order valence-electron chi connectivity index (χ2n) is 2.99. The molecular weight excluding hydrogens is 162 g/mol. The van der Waals surface area contributed by atoms with E-state index in [1.807, 2.05) is 0 Å². The van der Waals surface area contributed by atoms with Gasteiger partial charge in [-0.05, 0) is 12.8 Å². The Bertz CT molecular complexity index is 242. The van der Waals surface area contributed by atoms with E-state index in [4.69, 9.17) is 16.1 Å². The van der Waals surface area contributed by atoms with E-state index in [-0.39, 0.29) is 0 Å². The zero-order chi connectivity index (χ0) is 7.68. The van der Waals surface area contributed by atoms with Crippen LogP contribution < -0.4 is 0 Å². The SMILES string of the molecule is ClCc1conc1C1CCC1. The predicted molar refractivity (Wildman–Crippen MR) is 42.7 cm³/mol. The standard InChI is InChI=1S/C8H10ClNO/c9-4-7-5-11-10-8(7)6-2-1-3-6/h5-6H,1-4H2. The topological polar surface area (TPSA) is 26.0 Å². The second kappa shape index (κ2) is 2.86. The van der Waals surface area contributed by atoms with Gasteiger partial charge in [-0.3, -0.25) is 0 Å². The van der Waals surface area contributed by atoms with E-state index in [0.717, 1.165) is 11.3 Å². The molecule has 0 spiro atoms. The summed E-state index contributed by atoms with van der Waals surface area (Å²) in [6.45, 7) is 0. The third-order valence-corrected chi connectivity index (χ3v) is 2.60. The first-order valence-corrected chi connectivity index (χ1v) is 4.44. The molecule has 2 rings (SSSR count). The van der Waals surface area contributed by atoms with E-state index in [2.05, 4.69) is 5.16 Å². The molecule has 0 N–H and O–H groups in total. The summed E-state index contributed by atoms with van der Waals surface area (Å²) in [5, 5.41) is 3.95. The van der Waals surface area contributed by atoms with E-state index < -0.39 is 0 Å². The summed E-state index contributed by atoms with van der Waals surface area (Å²) in [5.41, 5.74) is 2.16. The third kappa shape index (κ3) is 1.16. The Morgan fingerprint density at radius 1 is 1.64 bits per heavy atom. The summed E-state index contributed by atoms with van der Waals surface area (Å²) in [5.74, 6) is 1.15. The van der Waals surface area contributed by atoms with Gasteiger partial charge in [0.15, 0.2) is 0 Å². The average Bonchev–Trinajstić information content (AvgIpc) is 2.32. The van der Waals surface area contributed by atoms with Gasteiger partial charge in [-0.15, -0.1) is 11.6 Å². The van der Waals surface area contributed by atoms with Crippen LogP contribution in [-0.2, 0) is 5.88 Å². The lowest BCUT2D eigenvalue weighted by molar-refractivity contribution is 0.363. The number of hydrogen-bond acceptors (Lipinski definition) is 2. The number of aromatic nitrogens is 1. The summed E-state index contributed by atoms with van der Waals surface area (Å²) in [4.78, 5) is 0. The van der Waals surface area contributed by atoms with Crippen molar-refractivity contribution in [2.75, 3.05) is 0 Å². The van der Waals surface area contributed by atoms with Crippen molar-refractivity contribution in [2.45, 2.75) is 31.1 Å². The molecule has 1 saturated carbocycles. The lowest BCUT2D eigenvalue weighted by Gasteiger charge is -2.23. The van der Waals surface area contributed by atoms with Gasteiger partial charge in [0.2, 0.25) is 0 Å². The minimum absolute atomic E-state index is 0.523. The van der Waals surface area contributed by atoms with E-state index in [1.54, 1.807) is 6.26 Å². The van der Waals surface area contributed by atoms with Crippen molar-refractivity contribution >= 4 is 11.6 Å². The number of nitrogens with zero attached hydrogens (tertiary/aromatic N) is 1. The van der Waals surface area contributed by atoms with E-state index in [1.165, 1.54) is 19.3 Å².